The van der Waals surface area contributed by atoms with E-state index in [2.05, 4.69) is 11.5 Å². The van der Waals surface area contributed by atoms with Crippen LogP contribution >= 0.6 is 0 Å². The van der Waals surface area contributed by atoms with Gasteiger partial charge < -0.3 is 18.8 Å². The van der Waals surface area contributed by atoms with E-state index in [9.17, 15) is 9.59 Å². The van der Waals surface area contributed by atoms with Gasteiger partial charge in [0.2, 0.25) is 0 Å². The molecule has 0 saturated heterocycles. The summed E-state index contributed by atoms with van der Waals surface area (Å²) in [4.78, 5) is 26.4. The predicted octanol–water partition coefficient (Wildman–Crippen LogP) is 3.62. The van der Waals surface area contributed by atoms with Crippen LogP contribution < -0.4 is 20.7 Å². The molecular formula is C27H29N3O5. The molecule has 1 aliphatic heterocycles. The maximum absolute atomic E-state index is 13.5. The van der Waals surface area contributed by atoms with Crippen LogP contribution in [0.3, 0.4) is 0 Å². The normalized spacial score (nSPS) is 15.3. The minimum absolute atomic E-state index is 0.316. The lowest BCUT2D eigenvalue weighted by Gasteiger charge is -2.28. The molecule has 0 aliphatic carbocycles. The van der Waals surface area contributed by atoms with Gasteiger partial charge in [-0.2, -0.15) is 0 Å². The van der Waals surface area contributed by atoms with Crippen molar-refractivity contribution in [2.24, 2.45) is 14.1 Å². The van der Waals surface area contributed by atoms with E-state index in [1.807, 2.05) is 48.5 Å². The Bertz CT molecular complexity index is 1510. The highest BCUT2D eigenvalue weighted by Crippen LogP contribution is 2.42. The third-order valence-electron chi connectivity index (χ3n) is 6.55. The van der Waals surface area contributed by atoms with E-state index in [1.54, 1.807) is 18.7 Å². The molecule has 0 fully saturated rings. The van der Waals surface area contributed by atoms with Gasteiger partial charge in [-0.15, -0.1) is 0 Å². The van der Waals surface area contributed by atoms with Crippen LogP contribution in [0.4, 0.5) is 0 Å². The van der Waals surface area contributed by atoms with E-state index >= 15 is 0 Å². The second-order valence-electron chi connectivity index (χ2n) is 8.69. The van der Waals surface area contributed by atoms with Crippen LogP contribution in [-0.4, -0.2) is 34.0 Å². The van der Waals surface area contributed by atoms with Crippen molar-refractivity contribution >= 4 is 10.9 Å². The van der Waals surface area contributed by atoms with Gasteiger partial charge in [0.05, 0.1) is 42.6 Å². The SMILES string of the molecule is CCCOc1ccc([C@@H]2OCCn3c(-c4ccccc4)c4c(=O)n(C)c(=O)n(C)c4c32)cc1OC. The van der Waals surface area contributed by atoms with Crippen LogP contribution in [0.5, 0.6) is 11.5 Å². The molecule has 3 heterocycles. The Morgan fingerprint density at radius 1 is 1.03 bits per heavy atom. The van der Waals surface area contributed by atoms with Gasteiger partial charge >= 0.3 is 5.69 Å². The van der Waals surface area contributed by atoms with Crippen molar-refractivity contribution in [2.75, 3.05) is 20.3 Å². The molecule has 35 heavy (non-hydrogen) atoms. The molecule has 5 rings (SSSR count). The van der Waals surface area contributed by atoms with Gasteiger partial charge in [0.15, 0.2) is 11.5 Å². The molecule has 0 amide bonds. The van der Waals surface area contributed by atoms with Crippen LogP contribution in [0.15, 0.2) is 58.1 Å². The second-order valence-corrected chi connectivity index (χ2v) is 8.69. The first-order valence-corrected chi connectivity index (χ1v) is 11.8. The van der Waals surface area contributed by atoms with E-state index in [-0.39, 0.29) is 11.2 Å². The van der Waals surface area contributed by atoms with Crippen LogP contribution in [-0.2, 0) is 25.4 Å². The van der Waals surface area contributed by atoms with Crippen molar-refractivity contribution in [1.82, 2.24) is 13.7 Å². The molecule has 4 aromatic rings. The largest absolute Gasteiger partial charge is 0.493 e. The standard InChI is InChI=1S/C27H29N3O5/c1-5-14-34-19-12-11-18(16-20(19)33-4)25-24-23-21(26(31)29(3)27(32)28(23)2)22(30(24)13-15-35-25)17-9-7-6-8-10-17/h6-12,16,25H,5,13-15H2,1-4H3/t25-/m0/s1. The highest BCUT2D eigenvalue weighted by atomic mass is 16.5. The van der Waals surface area contributed by atoms with Crippen LogP contribution in [0.2, 0.25) is 0 Å². The number of methoxy groups -OCH3 is 1. The summed E-state index contributed by atoms with van der Waals surface area (Å²) >= 11 is 0. The van der Waals surface area contributed by atoms with Gasteiger partial charge in [-0.1, -0.05) is 43.3 Å². The van der Waals surface area contributed by atoms with Gasteiger partial charge in [-0.3, -0.25) is 13.9 Å². The summed E-state index contributed by atoms with van der Waals surface area (Å²) in [7, 11) is 4.83. The number of rotatable bonds is 6. The molecule has 0 radical (unpaired) electrons. The second kappa shape index (κ2) is 9.11. The number of nitrogens with zero attached hydrogens (tertiary/aromatic N) is 3. The lowest BCUT2D eigenvalue weighted by Crippen LogP contribution is -2.37. The number of aryl methyl sites for hydroxylation is 1. The highest BCUT2D eigenvalue weighted by Gasteiger charge is 2.33. The molecule has 0 spiro atoms. The maximum Gasteiger partial charge on any atom is 0.331 e. The topological polar surface area (TPSA) is 76.6 Å². The molecule has 1 atom stereocenters. The monoisotopic (exact) mass is 475 g/mol. The minimum Gasteiger partial charge on any atom is -0.493 e. The number of benzene rings is 2. The zero-order valence-electron chi connectivity index (χ0n) is 20.4. The lowest BCUT2D eigenvalue weighted by atomic mass is 10.0. The fraction of sp³-hybridized carbons (Fsp3) is 0.333. The third kappa shape index (κ3) is 3.65. The van der Waals surface area contributed by atoms with Crippen LogP contribution in [0, 0.1) is 0 Å². The molecule has 0 N–H and O–H groups in total. The summed E-state index contributed by atoms with van der Waals surface area (Å²) in [6.45, 7) is 3.67. The summed E-state index contributed by atoms with van der Waals surface area (Å²) in [5.41, 5.74) is 3.26. The van der Waals surface area contributed by atoms with E-state index < -0.39 is 6.10 Å². The molecule has 1 aliphatic rings. The lowest BCUT2D eigenvalue weighted by molar-refractivity contribution is 0.0477. The first-order chi connectivity index (χ1) is 17.0. The Kier molecular flexibility index (Phi) is 5.98. The molecule has 8 heteroatoms. The number of ether oxygens (including phenoxy) is 3. The molecule has 0 unspecified atom stereocenters. The van der Waals surface area contributed by atoms with Crippen LogP contribution in [0.25, 0.3) is 22.2 Å². The Hall–Kier alpha value is -3.78. The smallest absolute Gasteiger partial charge is 0.331 e. The molecule has 2 aromatic carbocycles. The fourth-order valence-corrected chi connectivity index (χ4v) is 4.91. The van der Waals surface area contributed by atoms with E-state index in [1.165, 1.54) is 11.6 Å². The zero-order chi connectivity index (χ0) is 24.7. The van der Waals surface area contributed by atoms with Crippen molar-refractivity contribution in [3.8, 4) is 22.8 Å². The molecule has 0 saturated carbocycles. The van der Waals surface area contributed by atoms with Crippen molar-refractivity contribution in [1.29, 1.82) is 0 Å². The van der Waals surface area contributed by atoms with E-state index in [4.69, 9.17) is 14.2 Å². The highest BCUT2D eigenvalue weighted by molar-refractivity contribution is 5.96. The van der Waals surface area contributed by atoms with Crippen molar-refractivity contribution in [3.63, 3.8) is 0 Å². The molecule has 182 valence electrons. The van der Waals surface area contributed by atoms with Crippen LogP contribution in [0.1, 0.15) is 30.7 Å². The Morgan fingerprint density at radius 3 is 2.51 bits per heavy atom. The van der Waals surface area contributed by atoms with Gasteiger partial charge in [0, 0.05) is 20.6 Å². The van der Waals surface area contributed by atoms with Gasteiger partial charge in [0.1, 0.15) is 6.10 Å². The minimum atomic E-state index is -0.490. The quantitative estimate of drug-likeness (QED) is 0.426. The fourth-order valence-electron chi connectivity index (χ4n) is 4.91. The average molecular weight is 476 g/mol. The maximum atomic E-state index is 13.5. The summed E-state index contributed by atoms with van der Waals surface area (Å²) < 4.78 is 22.6. The first kappa shape index (κ1) is 23.0. The summed E-state index contributed by atoms with van der Waals surface area (Å²) in [5, 5.41) is 0.515. The summed E-state index contributed by atoms with van der Waals surface area (Å²) in [6.07, 6.45) is 0.400. The Labute approximate surface area is 202 Å². The molecule has 2 aromatic heterocycles. The number of hydrogen-bond acceptors (Lipinski definition) is 5. The molecule has 8 nitrogen and oxygen atoms in total. The molecular weight excluding hydrogens is 446 g/mol. The Balaban J connectivity index is 1.81. The summed E-state index contributed by atoms with van der Waals surface area (Å²) in [5.74, 6) is 1.28. The number of hydrogen-bond donors (Lipinski definition) is 0. The predicted molar refractivity (Wildman–Crippen MR) is 134 cm³/mol. The van der Waals surface area contributed by atoms with Crippen molar-refractivity contribution in [3.05, 3.63) is 80.6 Å². The Morgan fingerprint density at radius 2 is 1.80 bits per heavy atom. The average Bonchev–Trinajstić information content (AvgIpc) is 3.25. The number of aromatic nitrogens is 3. The summed E-state index contributed by atoms with van der Waals surface area (Å²) in [6, 6.07) is 15.6. The first-order valence-electron chi connectivity index (χ1n) is 11.8. The van der Waals surface area contributed by atoms with Gasteiger partial charge in [-0.05, 0) is 29.7 Å². The van der Waals surface area contributed by atoms with E-state index in [0.717, 1.165) is 28.9 Å². The van der Waals surface area contributed by atoms with Gasteiger partial charge in [0.25, 0.3) is 5.56 Å². The van der Waals surface area contributed by atoms with Crippen molar-refractivity contribution in [2.45, 2.75) is 26.0 Å². The zero-order valence-corrected chi connectivity index (χ0v) is 20.4. The molecule has 0 bridgehead atoms. The van der Waals surface area contributed by atoms with E-state index in [0.29, 0.717) is 42.2 Å². The van der Waals surface area contributed by atoms with Crippen molar-refractivity contribution < 1.29 is 14.2 Å². The van der Waals surface area contributed by atoms with Gasteiger partial charge in [-0.25, -0.2) is 4.79 Å². The third-order valence-corrected chi connectivity index (χ3v) is 6.55. The number of fused-ring (bicyclic) bond motifs is 3.